The van der Waals surface area contributed by atoms with Gasteiger partial charge in [0.25, 0.3) is 0 Å². The Bertz CT molecular complexity index is 672. The number of imidazole rings is 1. The number of likely N-dealkylation sites (tertiary alicyclic amines) is 1. The van der Waals surface area contributed by atoms with Crippen molar-refractivity contribution in [1.82, 2.24) is 20.2 Å². The summed E-state index contributed by atoms with van der Waals surface area (Å²) in [6.07, 6.45) is 3.80. The van der Waals surface area contributed by atoms with Gasteiger partial charge in [0.1, 0.15) is 5.82 Å². The molecule has 0 spiro atoms. The van der Waals surface area contributed by atoms with Crippen molar-refractivity contribution in [2.45, 2.75) is 45.2 Å². The lowest BCUT2D eigenvalue weighted by molar-refractivity contribution is 0.182. The van der Waals surface area contributed by atoms with Gasteiger partial charge in [0.05, 0.1) is 17.9 Å². The summed E-state index contributed by atoms with van der Waals surface area (Å²) in [5.74, 6) is 0.866. The zero-order valence-electron chi connectivity index (χ0n) is 14.0. The quantitative estimate of drug-likeness (QED) is 0.888. The number of aromatic nitrogens is 2. The van der Waals surface area contributed by atoms with Gasteiger partial charge >= 0.3 is 6.03 Å². The van der Waals surface area contributed by atoms with E-state index in [1.807, 2.05) is 50.1 Å². The molecule has 2 aromatic rings. The Labute approximate surface area is 137 Å². The first-order valence-electron chi connectivity index (χ1n) is 8.13. The first-order chi connectivity index (χ1) is 10.9. The van der Waals surface area contributed by atoms with Crippen LogP contribution in [0.5, 0.6) is 0 Å². The Morgan fingerprint density at radius 2 is 2.04 bits per heavy atom. The van der Waals surface area contributed by atoms with Crippen LogP contribution in [-0.4, -0.2) is 33.0 Å². The molecule has 1 unspecified atom stereocenters. The Morgan fingerprint density at radius 1 is 1.30 bits per heavy atom. The second-order valence-electron chi connectivity index (χ2n) is 7.08. The SMILES string of the molecule is CC(C)(C)NC(=O)N1CCCC1c1ncc(-c2ccccc2)[nH]1. The van der Waals surface area contributed by atoms with Gasteiger partial charge in [-0.15, -0.1) is 0 Å². The zero-order chi connectivity index (χ0) is 16.4. The third-order valence-electron chi connectivity index (χ3n) is 3.99. The van der Waals surface area contributed by atoms with Crippen LogP contribution in [0.25, 0.3) is 11.3 Å². The number of aromatic amines is 1. The number of hydrogen-bond acceptors (Lipinski definition) is 2. The largest absolute Gasteiger partial charge is 0.340 e. The average molecular weight is 312 g/mol. The minimum absolute atomic E-state index is 0.0161. The van der Waals surface area contributed by atoms with Gasteiger partial charge in [-0.1, -0.05) is 30.3 Å². The summed E-state index contributed by atoms with van der Waals surface area (Å²) in [6.45, 7) is 6.76. The lowest BCUT2D eigenvalue weighted by atomic mass is 10.1. The molecule has 1 aliphatic rings. The number of hydrogen-bond donors (Lipinski definition) is 2. The number of nitrogens with zero attached hydrogens (tertiary/aromatic N) is 2. The number of carbonyl (C=O) groups is 1. The van der Waals surface area contributed by atoms with Crippen LogP contribution < -0.4 is 5.32 Å². The van der Waals surface area contributed by atoms with Gasteiger partial charge in [0.2, 0.25) is 0 Å². The summed E-state index contributed by atoms with van der Waals surface area (Å²) in [6, 6.07) is 10.1. The maximum Gasteiger partial charge on any atom is 0.318 e. The van der Waals surface area contributed by atoms with Crippen molar-refractivity contribution < 1.29 is 4.79 Å². The van der Waals surface area contributed by atoms with Crippen LogP contribution in [0.15, 0.2) is 36.5 Å². The fourth-order valence-electron chi connectivity index (χ4n) is 2.96. The molecule has 5 heteroatoms. The molecule has 1 aromatic heterocycles. The van der Waals surface area contributed by atoms with E-state index in [4.69, 9.17) is 0 Å². The van der Waals surface area contributed by atoms with Crippen molar-refractivity contribution in [3.05, 3.63) is 42.4 Å². The van der Waals surface area contributed by atoms with Gasteiger partial charge in [0, 0.05) is 12.1 Å². The first kappa shape index (κ1) is 15.6. The number of amides is 2. The highest BCUT2D eigenvalue weighted by Crippen LogP contribution is 2.31. The molecule has 2 amide bonds. The standard InChI is InChI=1S/C18H24N4O/c1-18(2,3)21-17(23)22-11-7-10-15(22)16-19-12-14(20-16)13-8-5-4-6-9-13/h4-6,8-9,12,15H,7,10-11H2,1-3H3,(H,19,20)(H,21,23). The van der Waals surface area contributed by atoms with E-state index < -0.39 is 0 Å². The molecule has 2 N–H and O–H groups in total. The van der Waals surface area contributed by atoms with Crippen LogP contribution in [0.3, 0.4) is 0 Å². The van der Waals surface area contributed by atoms with Crippen molar-refractivity contribution in [3.8, 4) is 11.3 Å². The van der Waals surface area contributed by atoms with Crippen molar-refractivity contribution >= 4 is 6.03 Å². The first-order valence-corrected chi connectivity index (χ1v) is 8.13. The van der Waals surface area contributed by atoms with Crippen LogP contribution in [0.1, 0.15) is 45.5 Å². The molecule has 23 heavy (non-hydrogen) atoms. The minimum atomic E-state index is -0.234. The van der Waals surface area contributed by atoms with E-state index in [-0.39, 0.29) is 17.6 Å². The molecule has 5 nitrogen and oxygen atoms in total. The molecular formula is C18H24N4O. The normalized spacial score (nSPS) is 18.2. The Morgan fingerprint density at radius 3 is 2.74 bits per heavy atom. The Balaban J connectivity index is 1.78. The van der Waals surface area contributed by atoms with Gasteiger partial charge in [0.15, 0.2) is 0 Å². The summed E-state index contributed by atoms with van der Waals surface area (Å²) in [7, 11) is 0. The topological polar surface area (TPSA) is 61.0 Å². The molecule has 1 aliphatic heterocycles. The maximum absolute atomic E-state index is 12.5. The fraction of sp³-hybridized carbons (Fsp3) is 0.444. The summed E-state index contributed by atoms with van der Waals surface area (Å²) in [4.78, 5) is 22.3. The van der Waals surface area contributed by atoms with Crippen molar-refractivity contribution in [3.63, 3.8) is 0 Å². The number of nitrogens with one attached hydrogen (secondary N) is 2. The molecular weight excluding hydrogens is 288 g/mol. The highest BCUT2D eigenvalue weighted by Gasteiger charge is 2.33. The van der Waals surface area contributed by atoms with E-state index in [2.05, 4.69) is 27.4 Å². The molecule has 0 bridgehead atoms. The van der Waals surface area contributed by atoms with Crippen LogP contribution in [0.4, 0.5) is 4.79 Å². The monoisotopic (exact) mass is 312 g/mol. The summed E-state index contributed by atoms with van der Waals surface area (Å²) in [5.41, 5.74) is 1.86. The third-order valence-corrected chi connectivity index (χ3v) is 3.99. The molecule has 0 aliphatic carbocycles. The third kappa shape index (κ3) is 3.55. The van der Waals surface area contributed by atoms with Gasteiger partial charge in [-0.3, -0.25) is 0 Å². The number of carbonyl (C=O) groups excluding carboxylic acids is 1. The predicted molar refractivity (Wildman–Crippen MR) is 91.0 cm³/mol. The predicted octanol–water partition coefficient (Wildman–Crippen LogP) is 3.72. The maximum atomic E-state index is 12.5. The molecule has 1 saturated heterocycles. The lowest BCUT2D eigenvalue weighted by Crippen LogP contribution is -2.48. The molecule has 3 rings (SSSR count). The smallest absolute Gasteiger partial charge is 0.318 e. The van der Waals surface area contributed by atoms with E-state index in [1.165, 1.54) is 0 Å². The van der Waals surface area contributed by atoms with Crippen molar-refractivity contribution in [1.29, 1.82) is 0 Å². The molecule has 0 radical (unpaired) electrons. The average Bonchev–Trinajstić information content (AvgIpc) is 3.15. The van der Waals surface area contributed by atoms with Crippen LogP contribution in [0.2, 0.25) is 0 Å². The van der Waals surface area contributed by atoms with Crippen LogP contribution >= 0.6 is 0 Å². The van der Waals surface area contributed by atoms with E-state index in [1.54, 1.807) is 0 Å². The molecule has 1 fully saturated rings. The Hall–Kier alpha value is -2.30. The Kier molecular flexibility index (Phi) is 4.11. The summed E-state index contributed by atoms with van der Waals surface area (Å²) < 4.78 is 0. The lowest BCUT2D eigenvalue weighted by Gasteiger charge is -2.28. The van der Waals surface area contributed by atoms with Gasteiger partial charge < -0.3 is 15.2 Å². The number of urea groups is 1. The van der Waals surface area contributed by atoms with Gasteiger partial charge in [-0.05, 0) is 39.2 Å². The molecule has 2 heterocycles. The molecule has 122 valence electrons. The number of benzene rings is 1. The summed E-state index contributed by atoms with van der Waals surface area (Å²) in [5, 5.41) is 3.04. The second-order valence-corrected chi connectivity index (χ2v) is 7.08. The highest BCUT2D eigenvalue weighted by atomic mass is 16.2. The summed E-state index contributed by atoms with van der Waals surface area (Å²) >= 11 is 0. The number of rotatable bonds is 2. The second kappa shape index (κ2) is 6.07. The van der Waals surface area contributed by atoms with Crippen LogP contribution in [0, 0.1) is 0 Å². The zero-order valence-corrected chi connectivity index (χ0v) is 14.0. The van der Waals surface area contributed by atoms with Crippen molar-refractivity contribution in [2.24, 2.45) is 0 Å². The molecule has 1 atom stereocenters. The highest BCUT2D eigenvalue weighted by molar-refractivity contribution is 5.75. The van der Waals surface area contributed by atoms with Crippen LogP contribution in [-0.2, 0) is 0 Å². The van der Waals surface area contributed by atoms with Gasteiger partial charge in [-0.25, -0.2) is 9.78 Å². The van der Waals surface area contributed by atoms with E-state index in [0.717, 1.165) is 36.5 Å². The van der Waals surface area contributed by atoms with E-state index in [9.17, 15) is 4.79 Å². The van der Waals surface area contributed by atoms with E-state index >= 15 is 0 Å². The minimum Gasteiger partial charge on any atom is -0.340 e. The van der Waals surface area contributed by atoms with E-state index in [0.29, 0.717) is 0 Å². The van der Waals surface area contributed by atoms with Crippen molar-refractivity contribution in [2.75, 3.05) is 6.54 Å². The van der Waals surface area contributed by atoms with Gasteiger partial charge in [-0.2, -0.15) is 0 Å². The number of H-pyrrole nitrogens is 1. The fourth-order valence-corrected chi connectivity index (χ4v) is 2.96. The molecule has 1 aromatic carbocycles. The molecule has 0 saturated carbocycles.